The Hall–Kier alpha value is -1.89. The summed E-state index contributed by atoms with van der Waals surface area (Å²) in [6.45, 7) is 1.52. The lowest BCUT2D eigenvalue weighted by atomic mass is 10.3. The molecule has 1 aliphatic rings. The molecule has 1 amide bonds. The summed E-state index contributed by atoms with van der Waals surface area (Å²) in [6.07, 6.45) is 0.449. The first-order valence-corrected chi connectivity index (χ1v) is 6.37. The molecule has 2 heterocycles. The van der Waals surface area contributed by atoms with Crippen molar-refractivity contribution < 1.29 is 9.53 Å². The first kappa shape index (κ1) is 13.5. The number of carbonyl (C=O) groups excluding carboxylic acids is 1. The summed E-state index contributed by atoms with van der Waals surface area (Å²) in [6, 6.07) is 5.63. The molecule has 1 aromatic rings. The van der Waals surface area contributed by atoms with Gasteiger partial charge in [0.2, 0.25) is 0 Å². The summed E-state index contributed by atoms with van der Waals surface area (Å²) in [4.78, 5) is 17.9. The predicted molar refractivity (Wildman–Crippen MR) is 76.3 cm³/mol. The van der Waals surface area contributed by atoms with Gasteiger partial charge in [-0.1, -0.05) is 18.3 Å². The summed E-state index contributed by atoms with van der Waals surface area (Å²) in [5.41, 5.74) is 6.18. The smallest absolute Gasteiger partial charge is 0.407 e. The minimum Gasteiger partial charge on any atom is -0.453 e. The number of rotatable bonds is 3. The quantitative estimate of drug-likeness (QED) is 0.791. The van der Waals surface area contributed by atoms with Crippen molar-refractivity contribution in [2.24, 2.45) is 5.73 Å². The second kappa shape index (κ2) is 5.83. The Balaban J connectivity index is 2.02. The van der Waals surface area contributed by atoms with E-state index in [4.69, 9.17) is 18.0 Å². The first-order valence-electron chi connectivity index (χ1n) is 5.96. The molecule has 1 atom stereocenters. The number of nitrogens with one attached hydrogen (secondary N) is 1. The number of thiocarbonyl (C=S) groups is 1. The minimum atomic E-state index is -0.406. The van der Waals surface area contributed by atoms with E-state index in [1.54, 1.807) is 6.07 Å². The molecule has 6 nitrogen and oxygen atoms in total. The van der Waals surface area contributed by atoms with Crippen molar-refractivity contribution in [3.63, 3.8) is 0 Å². The van der Waals surface area contributed by atoms with Crippen molar-refractivity contribution in [3.05, 3.63) is 23.9 Å². The van der Waals surface area contributed by atoms with Crippen molar-refractivity contribution in [3.8, 4) is 0 Å². The van der Waals surface area contributed by atoms with Crippen molar-refractivity contribution >= 4 is 29.1 Å². The van der Waals surface area contributed by atoms with Crippen LogP contribution in [0.5, 0.6) is 0 Å². The van der Waals surface area contributed by atoms with Gasteiger partial charge in [0.25, 0.3) is 0 Å². The maximum Gasteiger partial charge on any atom is 0.407 e. The third-order valence-electron chi connectivity index (χ3n) is 3.01. The number of methoxy groups -OCH3 is 1. The van der Waals surface area contributed by atoms with E-state index >= 15 is 0 Å². The van der Waals surface area contributed by atoms with Crippen LogP contribution in [0.2, 0.25) is 0 Å². The highest BCUT2D eigenvalue weighted by molar-refractivity contribution is 7.80. The standard InChI is InChI=1S/C12H16N4O2S/c1-18-12(17)14-8-5-6-16(7-8)10-4-2-3-9(15-10)11(13)19/h2-4,8H,5-7H2,1H3,(H2,13,19)(H,14,17). The van der Waals surface area contributed by atoms with E-state index in [0.29, 0.717) is 12.2 Å². The Morgan fingerprint density at radius 3 is 3.11 bits per heavy atom. The Morgan fingerprint density at radius 2 is 2.42 bits per heavy atom. The van der Waals surface area contributed by atoms with Gasteiger partial charge in [0.1, 0.15) is 10.8 Å². The maximum atomic E-state index is 11.2. The van der Waals surface area contributed by atoms with Crippen LogP contribution >= 0.6 is 12.2 Å². The molecule has 1 aliphatic heterocycles. The fourth-order valence-corrected chi connectivity index (χ4v) is 2.16. The molecule has 3 N–H and O–H groups in total. The molecule has 0 saturated carbocycles. The zero-order valence-corrected chi connectivity index (χ0v) is 11.4. The molecule has 1 fully saturated rings. The van der Waals surface area contributed by atoms with E-state index in [0.717, 1.165) is 18.8 Å². The Morgan fingerprint density at radius 1 is 1.63 bits per heavy atom. The van der Waals surface area contributed by atoms with Gasteiger partial charge in [-0.3, -0.25) is 0 Å². The third-order valence-corrected chi connectivity index (χ3v) is 3.22. The molecule has 0 aromatic carbocycles. The minimum absolute atomic E-state index is 0.0720. The average Bonchev–Trinajstić information content (AvgIpc) is 2.87. The van der Waals surface area contributed by atoms with Gasteiger partial charge < -0.3 is 20.7 Å². The van der Waals surface area contributed by atoms with Crippen LogP contribution in [0.15, 0.2) is 18.2 Å². The van der Waals surface area contributed by atoms with Crippen LogP contribution in [0.1, 0.15) is 12.1 Å². The van der Waals surface area contributed by atoms with E-state index in [1.165, 1.54) is 7.11 Å². The van der Waals surface area contributed by atoms with E-state index < -0.39 is 6.09 Å². The fourth-order valence-electron chi connectivity index (χ4n) is 2.05. The van der Waals surface area contributed by atoms with Gasteiger partial charge in [-0.2, -0.15) is 0 Å². The van der Waals surface area contributed by atoms with Gasteiger partial charge in [0.15, 0.2) is 0 Å². The van der Waals surface area contributed by atoms with Crippen LogP contribution in [-0.4, -0.2) is 42.3 Å². The van der Waals surface area contributed by atoms with Crippen LogP contribution in [0.25, 0.3) is 0 Å². The first-order chi connectivity index (χ1) is 9.10. The number of anilines is 1. The van der Waals surface area contributed by atoms with Crippen LogP contribution < -0.4 is 16.0 Å². The van der Waals surface area contributed by atoms with Crippen molar-refractivity contribution in [1.82, 2.24) is 10.3 Å². The molecule has 0 spiro atoms. The average molecular weight is 280 g/mol. The predicted octanol–water partition coefficient (Wildman–Crippen LogP) is 0.650. The molecule has 0 bridgehead atoms. The highest BCUT2D eigenvalue weighted by atomic mass is 32.1. The monoisotopic (exact) mass is 280 g/mol. The number of ether oxygens (including phenoxy) is 1. The highest BCUT2D eigenvalue weighted by Gasteiger charge is 2.25. The lowest BCUT2D eigenvalue weighted by molar-refractivity contribution is 0.167. The molecule has 1 saturated heterocycles. The van der Waals surface area contributed by atoms with Gasteiger partial charge in [-0.15, -0.1) is 0 Å². The summed E-state index contributed by atoms with van der Waals surface area (Å²) in [7, 11) is 1.36. The third kappa shape index (κ3) is 3.31. The van der Waals surface area contributed by atoms with Gasteiger partial charge in [0.05, 0.1) is 18.8 Å². The SMILES string of the molecule is COC(=O)NC1CCN(c2cccc(C(N)=S)n2)C1. The number of hydrogen-bond acceptors (Lipinski definition) is 5. The Bertz CT molecular complexity index is 494. The van der Waals surface area contributed by atoms with Crippen molar-refractivity contribution in [2.45, 2.75) is 12.5 Å². The van der Waals surface area contributed by atoms with Gasteiger partial charge >= 0.3 is 6.09 Å². The van der Waals surface area contributed by atoms with Crippen molar-refractivity contribution in [1.29, 1.82) is 0 Å². The zero-order valence-electron chi connectivity index (χ0n) is 10.6. The van der Waals surface area contributed by atoms with Gasteiger partial charge in [-0.05, 0) is 18.6 Å². The maximum absolute atomic E-state index is 11.2. The highest BCUT2D eigenvalue weighted by Crippen LogP contribution is 2.18. The second-order valence-corrected chi connectivity index (χ2v) is 4.75. The summed E-state index contributed by atoms with van der Waals surface area (Å²) in [5.74, 6) is 0.819. The van der Waals surface area contributed by atoms with Crippen LogP contribution in [0.3, 0.4) is 0 Å². The molecule has 19 heavy (non-hydrogen) atoms. The number of carbonyl (C=O) groups is 1. The normalized spacial score (nSPS) is 18.2. The zero-order chi connectivity index (χ0) is 13.8. The number of amides is 1. The van der Waals surface area contributed by atoms with E-state index in [9.17, 15) is 4.79 Å². The number of nitrogens with zero attached hydrogens (tertiary/aromatic N) is 2. The van der Waals surface area contributed by atoms with Crippen LogP contribution in [0, 0.1) is 0 Å². The van der Waals surface area contributed by atoms with Crippen LogP contribution in [-0.2, 0) is 4.74 Å². The molecule has 1 unspecified atom stereocenters. The number of aromatic nitrogens is 1. The summed E-state index contributed by atoms with van der Waals surface area (Å²) >= 11 is 4.92. The second-order valence-electron chi connectivity index (χ2n) is 4.31. The summed E-state index contributed by atoms with van der Waals surface area (Å²) < 4.78 is 4.59. The van der Waals surface area contributed by atoms with Gasteiger partial charge in [0, 0.05) is 13.1 Å². The number of hydrogen-bond donors (Lipinski definition) is 2. The van der Waals surface area contributed by atoms with E-state index in [2.05, 4.69) is 19.9 Å². The molecule has 1 aromatic heterocycles. The largest absolute Gasteiger partial charge is 0.453 e. The molecular formula is C12H16N4O2S. The molecule has 0 radical (unpaired) electrons. The molecule has 102 valence electrons. The van der Waals surface area contributed by atoms with Crippen molar-refractivity contribution in [2.75, 3.05) is 25.1 Å². The molecule has 7 heteroatoms. The molecule has 0 aliphatic carbocycles. The number of nitrogens with two attached hydrogens (primary N) is 1. The lowest BCUT2D eigenvalue weighted by Crippen LogP contribution is -2.37. The fraction of sp³-hybridized carbons (Fsp3) is 0.417. The molecule has 2 rings (SSSR count). The van der Waals surface area contributed by atoms with Gasteiger partial charge in [-0.25, -0.2) is 9.78 Å². The topological polar surface area (TPSA) is 80.5 Å². The van der Waals surface area contributed by atoms with E-state index in [1.807, 2.05) is 12.1 Å². The Labute approximate surface area is 116 Å². The molecular weight excluding hydrogens is 264 g/mol. The Kier molecular flexibility index (Phi) is 4.16. The number of alkyl carbamates (subject to hydrolysis) is 1. The summed E-state index contributed by atoms with van der Waals surface area (Å²) in [5, 5.41) is 2.78. The van der Waals surface area contributed by atoms with Crippen LogP contribution in [0.4, 0.5) is 10.6 Å². The number of pyridine rings is 1. The lowest BCUT2D eigenvalue weighted by Gasteiger charge is -2.18. The van der Waals surface area contributed by atoms with E-state index in [-0.39, 0.29) is 11.0 Å².